The van der Waals surface area contributed by atoms with Crippen LogP contribution in [-0.4, -0.2) is 52.7 Å². The van der Waals surface area contributed by atoms with Crippen LogP contribution in [0.1, 0.15) is 16.9 Å². The summed E-state index contributed by atoms with van der Waals surface area (Å²) in [5.41, 5.74) is 0.292. The van der Waals surface area contributed by atoms with Crippen molar-refractivity contribution < 1.29 is 19.4 Å². The fraction of sp³-hybridized carbons (Fsp3) is 0.417. The molecule has 1 N–H and O–H groups in total. The van der Waals surface area contributed by atoms with Gasteiger partial charge in [-0.3, -0.25) is 9.59 Å². The zero-order valence-electron chi connectivity index (χ0n) is 10.1. The molecule has 0 spiro atoms. The number of morpholine rings is 1. The summed E-state index contributed by atoms with van der Waals surface area (Å²) in [5, 5.41) is 9.19. The summed E-state index contributed by atoms with van der Waals surface area (Å²) in [5.74, 6) is -1.18. The number of ether oxygens (including phenoxy) is 1. The summed E-state index contributed by atoms with van der Waals surface area (Å²) in [6.07, 6.45) is 0.824. The fourth-order valence-electron chi connectivity index (χ4n) is 1.89. The molecule has 1 aliphatic heterocycles. The topological polar surface area (TPSA) is 79.7 Å². The predicted molar refractivity (Wildman–Crippen MR) is 67.1 cm³/mol. The molecular weight excluding hydrogens is 272 g/mol. The Hall–Kier alpha value is -1.66. The number of pyridine rings is 1. The van der Waals surface area contributed by atoms with E-state index in [-0.39, 0.29) is 18.9 Å². The molecule has 0 saturated carbocycles. The quantitative estimate of drug-likeness (QED) is 0.897. The summed E-state index contributed by atoms with van der Waals surface area (Å²) in [6.45, 7) is 1.02. The highest BCUT2D eigenvalue weighted by molar-refractivity contribution is 6.30. The highest BCUT2D eigenvalue weighted by Crippen LogP contribution is 2.13. The Labute approximate surface area is 114 Å². The van der Waals surface area contributed by atoms with Crippen LogP contribution in [0.4, 0.5) is 0 Å². The van der Waals surface area contributed by atoms with Gasteiger partial charge in [-0.2, -0.15) is 0 Å². The lowest BCUT2D eigenvalue weighted by atomic mass is 10.2. The molecule has 7 heteroatoms. The molecule has 1 amide bonds. The molecule has 6 nitrogen and oxygen atoms in total. The second kappa shape index (κ2) is 5.99. The van der Waals surface area contributed by atoms with Gasteiger partial charge in [0.2, 0.25) is 0 Å². The van der Waals surface area contributed by atoms with Gasteiger partial charge >= 0.3 is 5.97 Å². The maximum absolute atomic E-state index is 12.2. The minimum Gasteiger partial charge on any atom is -0.481 e. The normalized spacial score (nSPS) is 19.2. The van der Waals surface area contributed by atoms with Gasteiger partial charge < -0.3 is 14.7 Å². The third-order valence-electron chi connectivity index (χ3n) is 2.77. The number of aliphatic carboxylic acids is 1. The van der Waals surface area contributed by atoms with Crippen LogP contribution in [0.3, 0.4) is 0 Å². The Morgan fingerprint density at radius 3 is 2.95 bits per heavy atom. The Bertz CT molecular complexity index is 477. The maximum atomic E-state index is 12.2. The first-order chi connectivity index (χ1) is 9.06. The average Bonchev–Trinajstić information content (AvgIpc) is 2.38. The van der Waals surface area contributed by atoms with E-state index in [0.29, 0.717) is 23.9 Å². The Balaban J connectivity index is 2.02. The monoisotopic (exact) mass is 284 g/mol. The number of carboxylic acids is 1. The molecule has 1 aromatic rings. The molecule has 102 valence electrons. The highest BCUT2D eigenvalue weighted by atomic mass is 35.5. The molecule has 0 aromatic carbocycles. The zero-order chi connectivity index (χ0) is 13.8. The smallest absolute Gasteiger partial charge is 0.306 e. The maximum Gasteiger partial charge on any atom is 0.306 e. The molecule has 1 saturated heterocycles. The summed E-state index contributed by atoms with van der Waals surface area (Å²) < 4.78 is 5.31. The number of hydrogen-bond donors (Lipinski definition) is 1. The van der Waals surface area contributed by atoms with Crippen molar-refractivity contribution in [3.05, 3.63) is 29.0 Å². The SMILES string of the molecule is O=C(O)CC1CN(C(=O)c2ccc(Cl)cn2)CCO1. The molecule has 1 aliphatic rings. The van der Waals surface area contributed by atoms with Crippen molar-refractivity contribution >= 4 is 23.5 Å². The van der Waals surface area contributed by atoms with Gasteiger partial charge in [-0.1, -0.05) is 11.6 Å². The van der Waals surface area contributed by atoms with Crippen molar-refractivity contribution in [1.82, 2.24) is 9.88 Å². The van der Waals surface area contributed by atoms with Crippen LogP contribution in [0.15, 0.2) is 18.3 Å². The summed E-state index contributed by atoms with van der Waals surface area (Å²) in [4.78, 5) is 28.3. The van der Waals surface area contributed by atoms with Crippen molar-refractivity contribution in [1.29, 1.82) is 0 Å². The number of hydrogen-bond acceptors (Lipinski definition) is 4. The Morgan fingerprint density at radius 1 is 1.53 bits per heavy atom. The minimum absolute atomic E-state index is 0.113. The second-order valence-electron chi connectivity index (χ2n) is 4.20. The highest BCUT2D eigenvalue weighted by Gasteiger charge is 2.27. The van der Waals surface area contributed by atoms with E-state index in [0.717, 1.165) is 0 Å². The van der Waals surface area contributed by atoms with Crippen LogP contribution >= 0.6 is 11.6 Å². The number of rotatable bonds is 3. The number of nitrogens with zero attached hydrogens (tertiary/aromatic N) is 2. The molecule has 0 aliphatic carbocycles. The largest absolute Gasteiger partial charge is 0.481 e. The van der Waals surface area contributed by atoms with E-state index in [2.05, 4.69) is 4.98 Å². The Morgan fingerprint density at radius 2 is 2.32 bits per heavy atom. The van der Waals surface area contributed by atoms with Crippen molar-refractivity contribution in [3.63, 3.8) is 0 Å². The van der Waals surface area contributed by atoms with Crippen LogP contribution < -0.4 is 0 Å². The summed E-state index contributed by atoms with van der Waals surface area (Å²) in [7, 11) is 0. The molecule has 1 unspecified atom stereocenters. The van der Waals surface area contributed by atoms with Crippen molar-refractivity contribution in [2.24, 2.45) is 0 Å². The van der Waals surface area contributed by atoms with Crippen LogP contribution in [-0.2, 0) is 9.53 Å². The summed E-state index contributed by atoms with van der Waals surface area (Å²) in [6, 6.07) is 3.14. The lowest BCUT2D eigenvalue weighted by Gasteiger charge is -2.32. The number of amides is 1. The molecule has 19 heavy (non-hydrogen) atoms. The standard InChI is InChI=1S/C12H13ClN2O4/c13-8-1-2-10(14-6-8)12(18)15-3-4-19-9(7-15)5-11(16)17/h1-2,6,9H,3-5,7H2,(H,16,17). The number of carbonyl (C=O) groups excluding carboxylic acids is 1. The molecule has 1 fully saturated rings. The van der Waals surface area contributed by atoms with Gasteiger partial charge in [0, 0.05) is 19.3 Å². The van der Waals surface area contributed by atoms with E-state index in [4.69, 9.17) is 21.4 Å². The first kappa shape index (κ1) is 13.8. The van der Waals surface area contributed by atoms with Crippen molar-refractivity contribution in [2.45, 2.75) is 12.5 Å². The molecule has 1 aromatic heterocycles. The van der Waals surface area contributed by atoms with Gasteiger partial charge in [0.05, 0.1) is 24.2 Å². The molecule has 1 atom stereocenters. The number of aromatic nitrogens is 1. The third kappa shape index (κ3) is 3.65. The molecular formula is C12H13ClN2O4. The van der Waals surface area contributed by atoms with Crippen molar-refractivity contribution in [2.75, 3.05) is 19.7 Å². The van der Waals surface area contributed by atoms with Crippen LogP contribution in [0.5, 0.6) is 0 Å². The van der Waals surface area contributed by atoms with E-state index in [9.17, 15) is 9.59 Å². The van der Waals surface area contributed by atoms with Gasteiger partial charge in [-0.05, 0) is 12.1 Å². The zero-order valence-corrected chi connectivity index (χ0v) is 10.8. The predicted octanol–water partition coefficient (Wildman–Crippen LogP) is 1.05. The minimum atomic E-state index is -0.941. The number of halogens is 1. The van der Waals surface area contributed by atoms with Crippen molar-refractivity contribution in [3.8, 4) is 0 Å². The van der Waals surface area contributed by atoms with E-state index < -0.39 is 12.1 Å². The lowest BCUT2D eigenvalue weighted by Crippen LogP contribution is -2.46. The number of carbonyl (C=O) groups is 2. The number of carboxylic acid groups (broad SMARTS) is 1. The third-order valence-corrected chi connectivity index (χ3v) is 3.00. The lowest BCUT2D eigenvalue weighted by molar-refractivity contribution is -0.141. The van der Waals surface area contributed by atoms with E-state index in [1.165, 1.54) is 6.20 Å². The molecule has 2 heterocycles. The Kier molecular flexibility index (Phi) is 4.34. The van der Waals surface area contributed by atoms with Crippen LogP contribution in [0.25, 0.3) is 0 Å². The van der Waals surface area contributed by atoms with E-state index in [1.54, 1.807) is 17.0 Å². The average molecular weight is 285 g/mol. The second-order valence-corrected chi connectivity index (χ2v) is 4.64. The van der Waals surface area contributed by atoms with E-state index >= 15 is 0 Å². The fourth-order valence-corrected chi connectivity index (χ4v) is 2.00. The van der Waals surface area contributed by atoms with Crippen LogP contribution in [0, 0.1) is 0 Å². The van der Waals surface area contributed by atoms with Gasteiger partial charge in [0.1, 0.15) is 5.69 Å². The first-order valence-electron chi connectivity index (χ1n) is 5.80. The van der Waals surface area contributed by atoms with E-state index in [1.807, 2.05) is 0 Å². The molecule has 2 rings (SSSR count). The molecule has 0 bridgehead atoms. The van der Waals surface area contributed by atoms with Gasteiger partial charge in [0.25, 0.3) is 5.91 Å². The van der Waals surface area contributed by atoms with Gasteiger partial charge in [-0.15, -0.1) is 0 Å². The van der Waals surface area contributed by atoms with Crippen LogP contribution in [0.2, 0.25) is 5.02 Å². The first-order valence-corrected chi connectivity index (χ1v) is 6.18. The van der Waals surface area contributed by atoms with Gasteiger partial charge in [0.15, 0.2) is 0 Å². The van der Waals surface area contributed by atoms with Gasteiger partial charge in [-0.25, -0.2) is 4.98 Å². The summed E-state index contributed by atoms with van der Waals surface area (Å²) >= 11 is 5.71. The molecule has 0 radical (unpaired) electrons.